The fraction of sp³-hybridized carbons (Fsp3) is 0.846. The number of hydrogen-bond donors (Lipinski definition) is 5. The van der Waals surface area contributed by atoms with Gasteiger partial charge in [-0.3, -0.25) is 4.79 Å². The van der Waals surface area contributed by atoms with Gasteiger partial charge in [-0.1, -0.05) is 25.5 Å². The zero-order chi connectivity index (χ0) is 25.7. The Bertz CT molecular complexity index is 945. The lowest BCUT2D eigenvalue weighted by atomic mass is 9.42. The van der Waals surface area contributed by atoms with Gasteiger partial charge in [0.25, 0.3) is 0 Å². The van der Waals surface area contributed by atoms with Crippen LogP contribution in [0.25, 0.3) is 0 Å². The third-order valence-electron chi connectivity index (χ3n) is 10.5. The molecule has 9 nitrogen and oxygen atoms in total. The number of rotatable bonds is 6. The summed E-state index contributed by atoms with van der Waals surface area (Å²) in [5.41, 5.74) is -3.98. The number of carbonyl (C=O) groups is 2. The van der Waals surface area contributed by atoms with E-state index in [0.29, 0.717) is 25.7 Å². The van der Waals surface area contributed by atoms with Gasteiger partial charge < -0.3 is 39.8 Å². The van der Waals surface area contributed by atoms with Gasteiger partial charge in [0.2, 0.25) is 0 Å². The van der Waals surface area contributed by atoms with Crippen LogP contribution in [-0.4, -0.2) is 80.7 Å². The first-order valence-corrected chi connectivity index (χ1v) is 12.8. The Morgan fingerprint density at radius 1 is 1.20 bits per heavy atom. The van der Waals surface area contributed by atoms with Gasteiger partial charge in [-0.2, -0.15) is 0 Å². The normalized spacial score (nSPS) is 54.6. The zero-order valence-corrected chi connectivity index (χ0v) is 20.8. The lowest BCUT2D eigenvalue weighted by molar-refractivity contribution is -0.304. The molecule has 5 N–H and O–H groups in total. The van der Waals surface area contributed by atoms with Crippen LogP contribution in [0.3, 0.4) is 0 Å². The highest BCUT2D eigenvalue weighted by Crippen LogP contribution is 2.82. The van der Waals surface area contributed by atoms with Gasteiger partial charge in [-0.25, -0.2) is 0 Å². The average molecular weight is 495 g/mol. The molecule has 0 amide bonds. The Balaban J connectivity index is 1.61. The number of carboxylic acid groups (broad SMARTS) is 1. The Kier molecular flexibility index (Phi) is 5.65. The summed E-state index contributed by atoms with van der Waals surface area (Å²) in [7, 11) is 0. The van der Waals surface area contributed by atoms with E-state index in [1.165, 1.54) is 0 Å². The Morgan fingerprint density at radius 3 is 2.49 bits per heavy atom. The molecule has 1 unspecified atom stereocenters. The minimum atomic E-state index is -1.52. The van der Waals surface area contributed by atoms with Gasteiger partial charge in [0.05, 0.1) is 23.7 Å². The van der Waals surface area contributed by atoms with E-state index < -0.39 is 58.5 Å². The number of aliphatic hydroxyl groups excluding tert-OH is 3. The number of aliphatic hydroxyl groups is 4. The average Bonchev–Trinajstić information content (AvgIpc) is 3.32. The molecular weight excluding hydrogens is 456 g/mol. The van der Waals surface area contributed by atoms with E-state index in [4.69, 9.17) is 9.47 Å². The summed E-state index contributed by atoms with van der Waals surface area (Å²) in [5.74, 6) is -1.93. The van der Waals surface area contributed by atoms with Crippen molar-refractivity contribution in [3.8, 4) is 0 Å². The van der Waals surface area contributed by atoms with Crippen LogP contribution in [0.1, 0.15) is 53.4 Å². The first-order chi connectivity index (χ1) is 16.3. The standard InChI is InChI=1S/C26H38O9/c1-12(2)16-7-14-8-24(10-27)15-5-6-23(4,33)17(15)9-25(14,26(16,24)22(31)32)11-34-21-20(30)19(29)18(28)13(3)35-21/h7,10,12-15,17-21,28-30,33H,5-6,8-9,11H2,1-4H3,(H,31,32)/t13-,14+,15-,17+,18-,19-,20+,21-,23+,24?,25+,26+/m1/s1. The second-order valence-corrected chi connectivity index (χ2v) is 12.3. The molecule has 0 radical (unpaired) electrons. The number of allylic oxidation sites excluding steroid dienone is 1. The quantitative estimate of drug-likeness (QED) is 0.267. The van der Waals surface area contributed by atoms with Crippen LogP contribution in [0.2, 0.25) is 0 Å². The minimum Gasteiger partial charge on any atom is -0.481 e. The highest BCUT2D eigenvalue weighted by Gasteiger charge is 2.85. The molecule has 0 spiro atoms. The van der Waals surface area contributed by atoms with Gasteiger partial charge in [-0.15, -0.1) is 0 Å². The van der Waals surface area contributed by atoms with E-state index in [-0.39, 0.29) is 30.3 Å². The van der Waals surface area contributed by atoms with Crippen LogP contribution in [0.5, 0.6) is 0 Å². The van der Waals surface area contributed by atoms with Gasteiger partial charge >= 0.3 is 5.97 Å². The molecular formula is C26H38O9. The molecule has 5 rings (SSSR count). The lowest BCUT2D eigenvalue weighted by Gasteiger charge is -2.59. The molecule has 4 fully saturated rings. The maximum Gasteiger partial charge on any atom is 0.315 e. The predicted octanol–water partition coefficient (Wildman–Crippen LogP) is 0.870. The van der Waals surface area contributed by atoms with Crippen molar-refractivity contribution in [2.24, 2.45) is 39.9 Å². The van der Waals surface area contributed by atoms with Crippen LogP contribution in [0.15, 0.2) is 11.6 Å². The molecule has 196 valence electrons. The summed E-state index contributed by atoms with van der Waals surface area (Å²) < 4.78 is 11.7. The van der Waals surface area contributed by atoms with Crippen LogP contribution < -0.4 is 0 Å². The molecule has 0 aromatic carbocycles. The molecule has 1 heterocycles. The van der Waals surface area contributed by atoms with Gasteiger partial charge in [0.15, 0.2) is 6.29 Å². The molecule has 12 atom stereocenters. The van der Waals surface area contributed by atoms with E-state index >= 15 is 0 Å². The lowest BCUT2D eigenvalue weighted by Crippen LogP contribution is -2.65. The van der Waals surface area contributed by atoms with Crippen LogP contribution >= 0.6 is 0 Å². The van der Waals surface area contributed by atoms with E-state index in [9.17, 15) is 35.1 Å². The molecule has 35 heavy (non-hydrogen) atoms. The number of hydrogen-bond acceptors (Lipinski definition) is 8. The number of ether oxygens (including phenoxy) is 2. The summed E-state index contributed by atoms with van der Waals surface area (Å²) in [6.07, 6.45) is -1.62. The highest BCUT2D eigenvalue weighted by molar-refractivity contribution is 5.90. The van der Waals surface area contributed by atoms with Crippen molar-refractivity contribution in [1.29, 1.82) is 0 Å². The molecule has 0 aromatic heterocycles. The third-order valence-corrected chi connectivity index (χ3v) is 10.5. The largest absolute Gasteiger partial charge is 0.481 e. The molecule has 1 aliphatic heterocycles. The number of carboxylic acids is 1. The molecule has 5 aliphatic rings. The van der Waals surface area contributed by atoms with E-state index in [1.807, 2.05) is 19.9 Å². The maximum atomic E-state index is 13.4. The van der Waals surface area contributed by atoms with Crippen molar-refractivity contribution in [3.63, 3.8) is 0 Å². The molecule has 1 saturated heterocycles. The van der Waals surface area contributed by atoms with Crippen LogP contribution in [-0.2, 0) is 19.1 Å². The summed E-state index contributed by atoms with van der Waals surface area (Å²) in [6.45, 7) is 7.09. The fourth-order valence-corrected chi connectivity index (χ4v) is 8.98. The topological polar surface area (TPSA) is 154 Å². The second-order valence-electron chi connectivity index (χ2n) is 12.3. The summed E-state index contributed by atoms with van der Waals surface area (Å²) in [4.78, 5) is 26.5. The van der Waals surface area contributed by atoms with Crippen LogP contribution in [0, 0.1) is 39.9 Å². The van der Waals surface area contributed by atoms with E-state index in [0.717, 1.165) is 11.9 Å². The molecule has 3 saturated carbocycles. The smallest absolute Gasteiger partial charge is 0.315 e. The monoisotopic (exact) mass is 494 g/mol. The first kappa shape index (κ1) is 25.3. The van der Waals surface area contributed by atoms with E-state index in [1.54, 1.807) is 13.8 Å². The molecule has 0 aromatic rings. The van der Waals surface area contributed by atoms with Crippen molar-refractivity contribution in [2.75, 3.05) is 6.61 Å². The zero-order valence-electron chi connectivity index (χ0n) is 20.8. The van der Waals surface area contributed by atoms with Crippen molar-refractivity contribution in [1.82, 2.24) is 0 Å². The highest BCUT2D eigenvalue weighted by atomic mass is 16.7. The minimum absolute atomic E-state index is 0.109. The Labute approximate surface area is 205 Å². The van der Waals surface area contributed by atoms with Crippen LogP contribution in [0.4, 0.5) is 0 Å². The van der Waals surface area contributed by atoms with Crippen molar-refractivity contribution in [2.45, 2.75) is 89.7 Å². The Hall–Kier alpha value is -1.36. The summed E-state index contributed by atoms with van der Waals surface area (Å²) >= 11 is 0. The van der Waals surface area contributed by atoms with Gasteiger partial charge in [0, 0.05) is 5.41 Å². The summed E-state index contributed by atoms with van der Waals surface area (Å²) in [5, 5.41) is 53.1. The first-order valence-electron chi connectivity index (χ1n) is 12.8. The number of fused-ring (bicyclic) bond motifs is 2. The number of carbonyl (C=O) groups excluding carboxylic acids is 1. The maximum absolute atomic E-state index is 13.4. The molecule has 4 bridgehead atoms. The molecule has 9 heteroatoms. The number of aldehydes is 1. The van der Waals surface area contributed by atoms with Gasteiger partial charge in [0.1, 0.15) is 30.0 Å². The van der Waals surface area contributed by atoms with E-state index in [2.05, 4.69) is 0 Å². The van der Waals surface area contributed by atoms with Gasteiger partial charge in [-0.05, 0) is 63.2 Å². The van der Waals surface area contributed by atoms with Crippen molar-refractivity contribution in [3.05, 3.63) is 11.6 Å². The second kappa shape index (κ2) is 7.82. The predicted molar refractivity (Wildman–Crippen MR) is 122 cm³/mol. The number of aliphatic carboxylic acids is 1. The summed E-state index contributed by atoms with van der Waals surface area (Å²) in [6, 6.07) is 0. The van der Waals surface area contributed by atoms with Crippen molar-refractivity contribution >= 4 is 12.3 Å². The molecule has 4 aliphatic carbocycles. The SMILES string of the molecule is CC(C)C1=C[C@H]2CC3(C=O)[C@@H]4CC[C@](C)(O)[C@H]4C[C@@]2(CO[C@@H]2O[C@H](C)[C@@H](O)[C@@H](O)[C@@H]2O)[C@]13C(=O)O. The van der Waals surface area contributed by atoms with Crippen molar-refractivity contribution < 1.29 is 44.6 Å². The third kappa shape index (κ3) is 2.85. The Morgan fingerprint density at radius 2 is 1.89 bits per heavy atom. The fourth-order valence-electron chi connectivity index (χ4n) is 8.98.